The topological polar surface area (TPSA) is 29.3 Å². The van der Waals surface area contributed by atoms with Gasteiger partial charge in [0.05, 0.1) is 6.54 Å². The molecule has 0 aromatic carbocycles. The van der Waals surface area contributed by atoms with E-state index in [-0.39, 0.29) is 12.1 Å². The molecule has 2 aliphatic rings. The molecule has 2 fully saturated rings. The Morgan fingerprint density at radius 2 is 1.71 bits per heavy atom. The number of nitrogens with two attached hydrogens (primary N) is 1. The summed E-state index contributed by atoms with van der Waals surface area (Å²) >= 11 is 0. The Labute approximate surface area is 100 Å². The van der Waals surface area contributed by atoms with Gasteiger partial charge in [0, 0.05) is 18.6 Å². The van der Waals surface area contributed by atoms with Crippen molar-refractivity contribution >= 4 is 0 Å². The molecule has 100 valence electrons. The van der Waals surface area contributed by atoms with E-state index in [4.69, 9.17) is 5.73 Å². The first-order valence-corrected chi connectivity index (χ1v) is 6.52. The fourth-order valence-electron chi connectivity index (χ4n) is 2.82. The summed E-state index contributed by atoms with van der Waals surface area (Å²) in [5.74, 6) is 0.435. The SMILES string of the molecule is NC(CN(CC(F)(F)F)C1CC1)C1CCCC1. The monoisotopic (exact) mass is 250 g/mol. The van der Waals surface area contributed by atoms with Crippen molar-refractivity contribution in [2.75, 3.05) is 13.1 Å². The van der Waals surface area contributed by atoms with Crippen molar-refractivity contribution in [1.29, 1.82) is 0 Å². The second-order valence-electron chi connectivity index (χ2n) is 5.48. The smallest absolute Gasteiger partial charge is 0.326 e. The number of hydrogen-bond donors (Lipinski definition) is 1. The number of alkyl halides is 3. The number of rotatable bonds is 5. The van der Waals surface area contributed by atoms with E-state index in [2.05, 4.69) is 0 Å². The van der Waals surface area contributed by atoms with Crippen LogP contribution in [0.5, 0.6) is 0 Å². The van der Waals surface area contributed by atoms with Crippen LogP contribution in [0.1, 0.15) is 38.5 Å². The van der Waals surface area contributed by atoms with Crippen molar-refractivity contribution in [2.24, 2.45) is 11.7 Å². The second kappa shape index (κ2) is 5.14. The van der Waals surface area contributed by atoms with E-state index in [9.17, 15) is 13.2 Å². The quantitative estimate of drug-likeness (QED) is 0.812. The van der Waals surface area contributed by atoms with Gasteiger partial charge in [-0.25, -0.2) is 0 Å². The predicted molar refractivity (Wildman–Crippen MR) is 60.6 cm³/mol. The highest BCUT2D eigenvalue weighted by atomic mass is 19.4. The first-order valence-electron chi connectivity index (χ1n) is 6.52. The molecule has 0 aliphatic heterocycles. The normalized spacial score (nSPS) is 24.5. The minimum Gasteiger partial charge on any atom is -0.326 e. The number of nitrogens with zero attached hydrogens (tertiary/aromatic N) is 1. The second-order valence-corrected chi connectivity index (χ2v) is 5.48. The third kappa shape index (κ3) is 4.14. The molecule has 0 aromatic heterocycles. The van der Waals surface area contributed by atoms with Gasteiger partial charge in [0.15, 0.2) is 0 Å². The maximum atomic E-state index is 12.4. The molecule has 1 atom stereocenters. The minimum atomic E-state index is -4.10. The zero-order chi connectivity index (χ0) is 12.5. The van der Waals surface area contributed by atoms with Gasteiger partial charge in [-0.2, -0.15) is 13.2 Å². The third-order valence-corrected chi connectivity index (χ3v) is 3.90. The van der Waals surface area contributed by atoms with Gasteiger partial charge in [-0.3, -0.25) is 4.90 Å². The fraction of sp³-hybridized carbons (Fsp3) is 1.00. The summed E-state index contributed by atoms with van der Waals surface area (Å²) in [7, 11) is 0. The Morgan fingerprint density at radius 1 is 1.12 bits per heavy atom. The molecule has 2 N–H and O–H groups in total. The van der Waals surface area contributed by atoms with Gasteiger partial charge in [-0.1, -0.05) is 12.8 Å². The highest BCUT2D eigenvalue weighted by Crippen LogP contribution is 2.32. The molecule has 2 rings (SSSR count). The Hall–Kier alpha value is -0.290. The van der Waals surface area contributed by atoms with Gasteiger partial charge in [-0.05, 0) is 31.6 Å². The zero-order valence-corrected chi connectivity index (χ0v) is 10.0. The average molecular weight is 250 g/mol. The van der Waals surface area contributed by atoms with Crippen LogP contribution in [0.2, 0.25) is 0 Å². The predicted octanol–water partition coefficient (Wildman–Crippen LogP) is 2.53. The highest BCUT2D eigenvalue weighted by Gasteiger charge is 2.39. The van der Waals surface area contributed by atoms with Crippen molar-refractivity contribution in [3.63, 3.8) is 0 Å². The summed E-state index contributed by atoms with van der Waals surface area (Å²) in [4.78, 5) is 1.54. The Morgan fingerprint density at radius 3 is 2.18 bits per heavy atom. The molecule has 1 unspecified atom stereocenters. The van der Waals surface area contributed by atoms with Crippen LogP contribution in [0.3, 0.4) is 0 Å². The largest absolute Gasteiger partial charge is 0.401 e. The molecule has 2 aliphatic carbocycles. The number of halogens is 3. The lowest BCUT2D eigenvalue weighted by Crippen LogP contribution is -2.46. The van der Waals surface area contributed by atoms with Gasteiger partial charge >= 0.3 is 6.18 Å². The van der Waals surface area contributed by atoms with Crippen molar-refractivity contribution in [2.45, 2.75) is 56.8 Å². The Bertz CT molecular complexity index is 245. The molecule has 0 spiro atoms. The third-order valence-electron chi connectivity index (χ3n) is 3.90. The van der Waals surface area contributed by atoms with Gasteiger partial charge in [0.1, 0.15) is 0 Å². The minimum absolute atomic E-state index is 0.0829. The van der Waals surface area contributed by atoms with Crippen LogP contribution in [0.4, 0.5) is 13.2 Å². The van der Waals surface area contributed by atoms with E-state index < -0.39 is 12.7 Å². The van der Waals surface area contributed by atoms with Crippen LogP contribution in [-0.4, -0.2) is 36.2 Å². The Kier molecular flexibility index (Phi) is 3.98. The first kappa shape index (κ1) is 13.1. The fourth-order valence-corrected chi connectivity index (χ4v) is 2.82. The van der Waals surface area contributed by atoms with E-state index in [1.165, 1.54) is 12.8 Å². The summed E-state index contributed by atoms with van der Waals surface area (Å²) in [5.41, 5.74) is 6.06. The van der Waals surface area contributed by atoms with Gasteiger partial charge in [0.25, 0.3) is 0 Å². The molecule has 0 amide bonds. The van der Waals surface area contributed by atoms with E-state index in [0.29, 0.717) is 12.5 Å². The number of hydrogen-bond acceptors (Lipinski definition) is 2. The van der Waals surface area contributed by atoms with E-state index in [1.54, 1.807) is 4.90 Å². The van der Waals surface area contributed by atoms with E-state index in [1.807, 2.05) is 0 Å². The average Bonchev–Trinajstić information content (AvgIpc) is 2.90. The molecular weight excluding hydrogens is 229 g/mol. The van der Waals surface area contributed by atoms with E-state index in [0.717, 1.165) is 25.7 Å². The maximum Gasteiger partial charge on any atom is 0.401 e. The van der Waals surface area contributed by atoms with Crippen molar-refractivity contribution in [1.82, 2.24) is 4.90 Å². The molecule has 0 heterocycles. The van der Waals surface area contributed by atoms with Crippen LogP contribution >= 0.6 is 0 Å². The van der Waals surface area contributed by atoms with Gasteiger partial charge in [0.2, 0.25) is 0 Å². The van der Waals surface area contributed by atoms with Gasteiger partial charge < -0.3 is 5.73 Å². The first-order chi connectivity index (χ1) is 7.96. The summed E-state index contributed by atoms with van der Waals surface area (Å²) in [5, 5.41) is 0. The summed E-state index contributed by atoms with van der Waals surface area (Å²) in [6.45, 7) is -0.382. The van der Waals surface area contributed by atoms with Crippen molar-refractivity contribution in [3.8, 4) is 0 Å². The maximum absolute atomic E-state index is 12.4. The lowest BCUT2D eigenvalue weighted by atomic mass is 9.98. The zero-order valence-electron chi connectivity index (χ0n) is 10.0. The van der Waals surface area contributed by atoms with Crippen LogP contribution in [0.25, 0.3) is 0 Å². The molecular formula is C12H21F3N2. The summed E-state index contributed by atoms with van der Waals surface area (Å²) < 4.78 is 37.3. The highest BCUT2D eigenvalue weighted by molar-refractivity contribution is 4.89. The van der Waals surface area contributed by atoms with Crippen LogP contribution in [0, 0.1) is 5.92 Å². The van der Waals surface area contributed by atoms with Crippen LogP contribution in [-0.2, 0) is 0 Å². The van der Waals surface area contributed by atoms with E-state index >= 15 is 0 Å². The summed E-state index contributed by atoms with van der Waals surface area (Å²) in [6, 6.07) is 0.0459. The van der Waals surface area contributed by atoms with Crippen LogP contribution in [0.15, 0.2) is 0 Å². The standard InChI is InChI=1S/C12H21F3N2/c13-12(14,15)8-17(10-5-6-10)7-11(16)9-3-1-2-4-9/h9-11H,1-8,16H2. The van der Waals surface area contributed by atoms with Crippen molar-refractivity contribution < 1.29 is 13.2 Å². The van der Waals surface area contributed by atoms with Gasteiger partial charge in [-0.15, -0.1) is 0 Å². The van der Waals surface area contributed by atoms with Crippen molar-refractivity contribution in [3.05, 3.63) is 0 Å². The van der Waals surface area contributed by atoms with Crippen LogP contribution < -0.4 is 5.73 Å². The molecule has 0 bridgehead atoms. The molecule has 0 saturated heterocycles. The molecule has 2 saturated carbocycles. The molecule has 0 aromatic rings. The molecule has 0 radical (unpaired) electrons. The summed E-state index contributed by atoms with van der Waals surface area (Å²) in [6.07, 6.45) is 2.23. The molecule has 5 heteroatoms. The lowest BCUT2D eigenvalue weighted by molar-refractivity contribution is -0.148. The molecule has 17 heavy (non-hydrogen) atoms. The molecule has 2 nitrogen and oxygen atoms in total. The Balaban J connectivity index is 1.84. The lowest BCUT2D eigenvalue weighted by Gasteiger charge is -2.29.